The van der Waals surface area contributed by atoms with Crippen LogP contribution in [0.25, 0.3) is 6.08 Å². The molecule has 0 aliphatic carbocycles. The molecule has 2 aromatic carbocycles. The number of pyridine rings is 1. The molecule has 170 valence electrons. The van der Waals surface area contributed by atoms with Crippen molar-refractivity contribution < 1.29 is 18.7 Å². The maximum Gasteiger partial charge on any atom is 0.244 e. The van der Waals surface area contributed by atoms with Crippen LogP contribution in [0, 0.1) is 5.82 Å². The molecule has 3 aromatic rings. The largest absolute Gasteiger partial charge is 0.453 e. The van der Waals surface area contributed by atoms with Crippen LogP contribution in [0.2, 0.25) is 0 Å². The number of carbonyl (C=O) groups excluding carboxylic acids is 1. The van der Waals surface area contributed by atoms with Gasteiger partial charge in [-0.2, -0.15) is 0 Å². The maximum absolute atomic E-state index is 14.3. The number of morpholine rings is 1. The van der Waals surface area contributed by atoms with Crippen molar-refractivity contribution in [2.24, 2.45) is 0 Å². The second kappa shape index (κ2) is 11.4. The third-order valence-electron chi connectivity index (χ3n) is 5.22. The minimum Gasteiger partial charge on any atom is -0.453 e. The van der Waals surface area contributed by atoms with E-state index < -0.39 is 5.82 Å². The van der Waals surface area contributed by atoms with Crippen molar-refractivity contribution in [2.45, 2.75) is 12.6 Å². The summed E-state index contributed by atoms with van der Waals surface area (Å²) in [4.78, 5) is 18.5. The summed E-state index contributed by atoms with van der Waals surface area (Å²) in [6.45, 7) is 3.53. The van der Waals surface area contributed by atoms with Gasteiger partial charge < -0.3 is 14.8 Å². The molecule has 1 amide bonds. The van der Waals surface area contributed by atoms with Gasteiger partial charge >= 0.3 is 0 Å². The van der Waals surface area contributed by atoms with Crippen LogP contribution in [0.15, 0.2) is 79.1 Å². The highest BCUT2D eigenvalue weighted by Gasteiger charge is 2.20. The van der Waals surface area contributed by atoms with Crippen molar-refractivity contribution >= 4 is 12.0 Å². The monoisotopic (exact) mass is 447 g/mol. The van der Waals surface area contributed by atoms with Gasteiger partial charge in [0.25, 0.3) is 0 Å². The number of benzene rings is 2. The Kier molecular flexibility index (Phi) is 7.79. The van der Waals surface area contributed by atoms with Gasteiger partial charge in [-0.3, -0.25) is 14.7 Å². The van der Waals surface area contributed by atoms with E-state index in [2.05, 4.69) is 27.3 Å². The zero-order valence-corrected chi connectivity index (χ0v) is 18.2. The SMILES string of the molecule is O=C(/C=C/c1ccc(Oc2cccnc2)c(F)c1)NCC1CN(Cc2ccccc2)CCO1. The van der Waals surface area contributed by atoms with E-state index >= 15 is 0 Å². The van der Waals surface area contributed by atoms with Crippen LogP contribution in [-0.4, -0.2) is 48.1 Å². The Labute approximate surface area is 192 Å². The molecule has 1 unspecified atom stereocenters. The number of amides is 1. The van der Waals surface area contributed by atoms with Crippen LogP contribution >= 0.6 is 0 Å². The molecule has 1 saturated heterocycles. The minimum absolute atomic E-state index is 0.0684. The molecule has 1 aliphatic rings. The summed E-state index contributed by atoms with van der Waals surface area (Å²) in [5.41, 5.74) is 1.82. The van der Waals surface area contributed by atoms with Crippen molar-refractivity contribution in [3.63, 3.8) is 0 Å². The lowest BCUT2D eigenvalue weighted by Crippen LogP contribution is -2.46. The van der Waals surface area contributed by atoms with E-state index in [1.165, 1.54) is 30.0 Å². The fourth-order valence-electron chi connectivity index (χ4n) is 3.57. The number of rotatable bonds is 8. The van der Waals surface area contributed by atoms with Crippen LogP contribution < -0.4 is 10.1 Å². The molecule has 0 saturated carbocycles. The number of ether oxygens (including phenoxy) is 2. The standard InChI is InChI=1S/C26H26FN3O3/c27-24-15-20(8-10-25(24)33-22-7-4-12-28-16-22)9-11-26(31)29-17-23-19-30(13-14-32-23)18-21-5-2-1-3-6-21/h1-12,15-16,23H,13-14,17-19H2,(H,29,31)/b11-9+. The van der Waals surface area contributed by atoms with Crippen molar-refractivity contribution in [1.29, 1.82) is 0 Å². The lowest BCUT2D eigenvalue weighted by Gasteiger charge is -2.33. The first-order chi connectivity index (χ1) is 16.2. The van der Waals surface area contributed by atoms with E-state index in [0.717, 1.165) is 19.6 Å². The van der Waals surface area contributed by atoms with Gasteiger partial charge in [0, 0.05) is 38.5 Å². The second-order valence-corrected chi connectivity index (χ2v) is 7.77. The van der Waals surface area contributed by atoms with E-state index in [9.17, 15) is 9.18 Å². The van der Waals surface area contributed by atoms with Crippen LogP contribution in [-0.2, 0) is 16.1 Å². The molecule has 2 heterocycles. The van der Waals surface area contributed by atoms with Gasteiger partial charge in [0.15, 0.2) is 11.6 Å². The Morgan fingerprint density at radius 3 is 2.88 bits per heavy atom. The summed E-state index contributed by atoms with van der Waals surface area (Å²) in [6, 6.07) is 18.2. The van der Waals surface area contributed by atoms with Gasteiger partial charge in [-0.15, -0.1) is 0 Å². The molecule has 33 heavy (non-hydrogen) atoms. The van der Waals surface area contributed by atoms with Crippen LogP contribution in [0.5, 0.6) is 11.5 Å². The summed E-state index contributed by atoms with van der Waals surface area (Å²) in [6.07, 6.45) is 6.01. The fourth-order valence-corrected chi connectivity index (χ4v) is 3.57. The first kappa shape index (κ1) is 22.6. The number of hydrogen-bond donors (Lipinski definition) is 1. The number of hydrogen-bond acceptors (Lipinski definition) is 5. The molecule has 7 heteroatoms. The molecule has 6 nitrogen and oxygen atoms in total. The normalized spacial score (nSPS) is 16.6. The van der Waals surface area contributed by atoms with Crippen LogP contribution in [0.4, 0.5) is 4.39 Å². The molecule has 1 N–H and O–H groups in total. The van der Waals surface area contributed by atoms with Gasteiger partial charge in [0.2, 0.25) is 5.91 Å². The third-order valence-corrected chi connectivity index (χ3v) is 5.22. The van der Waals surface area contributed by atoms with E-state index in [1.54, 1.807) is 30.5 Å². The summed E-state index contributed by atoms with van der Waals surface area (Å²) < 4.78 is 25.6. The Morgan fingerprint density at radius 1 is 1.21 bits per heavy atom. The molecule has 1 aromatic heterocycles. The quantitative estimate of drug-likeness (QED) is 0.528. The lowest BCUT2D eigenvalue weighted by atomic mass is 10.2. The average Bonchev–Trinajstić information content (AvgIpc) is 2.84. The van der Waals surface area contributed by atoms with Gasteiger partial charge in [0.05, 0.1) is 18.9 Å². The summed E-state index contributed by atoms with van der Waals surface area (Å²) in [7, 11) is 0. The van der Waals surface area contributed by atoms with E-state index in [-0.39, 0.29) is 17.8 Å². The number of nitrogens with one attached hydrogen (secondary N) is 1. The Morgan fingerprint density at radius 2 is 2.09 bits per heavy atom. The molecule has 0 radical (unpaired) electrons. The molecule has 1 atom stereocenters. The smallest absolute Gasteiger partial charge is 0.244 e. The van der Waals surface area contributed by atoms with Gasteiger partial charge in [-0.05, 0) is 41.5 Å². The van der Waals surface area contributed by atoms with Crippen LogP contribution in [0.3, 0.4) is 0 Å². The lowest BCUT2D eigenvalue weighted by molar-refractivity contribution is -0.117. The summed E-state index contributed by atoms with van der Waals surface area (Å²) >= 11 is 0. The second-order valence-electron chi connectivity index (χ2n) is 7.77. The van der Waals surface area contributed by atoms with Crippen molar-refractivity contribution in [3.05, 3.63) is 96.1 Å². The molecule has 1 aliphatic heterocycles. The minimum atomic E-state index is -0.518. The van der Waals surface area contributed by atoms with Crippen molar-refractivity contribution in [2.75, 3.05) is 26.2 Å². The summed E-state index contributed by atoms with van der Waals surface area (Å²) in [5.74, 6) is -0.226. The first-order valence-corrected chi connectivity index (χ1v) is 10.9. The molecular weight excluding hydrogens is 421 g/mol. The highest BCUT2D eigenvalue weighted by Crippen LogP contribution is 2.24. The summed E-state index contributed by atoms with van der Waals surface area (Å²) in [5, 5.41) is 2.86. The van der Waals surface area contributed by atoms with Gasteiger partial charge in [-0.1, -0.05) is 36.4 Å². The Hall–Kier alpha value is -3.55. The number of aromatic nitrogens is 1. The third kappa shape index (κ3) is 6.97. The number of halogens is 1. The molecule has 0 spiro atoms. The highest BCUT2D eigenvalue weighted by atomic mass is 19.1. The van der Waals surface area contributed by atoms with Crippen LogP contribution in [0.1, 0.15) is 11.1 Å². The fraction of sp³-hybridized carbons (Fsp3) is 0.231. The molecule has 0 bridgehead atoms. The zero-order valence-electron chi connectivity index (χ0n) is 18.2. The molecule has 1 fully saturated rings. The topological polar surface area (TPSA) is 63.7 Å². The first-order valence-electron chi connectivity index (χ1n) is 10.9. The van der Waals surface area contributed by atoms with Gasteiger partial charge in [0.1, 0.15) is 5.75 Å². The van der Waals surface area contributed by atoms with E-state index in [4.69, 9.17) is 9.47 Å². The maximum atomic E-state index is 14.3. The van der Waals surface area contributed by atoms with E-state index in [0.29, 0.717) is 24.5 Å². The number of carbonyl (C=O) groups is 1. The molecule has 4 rings (SSSR count). The Bertz CT molecular complexity index is 1080. The highest BCUT2D eigenvalue weighted by molar-refractivity contribution is 5.91. The van der Waals surface area contributed by atoms with E-state index in [1.807, 2.05) is 18.2 Å². The average molecular weight is 448 g/mol. The predicted molar refractivity (Wildman–Crippen MR) is 124 cm³/mol. The van der Waals surface area contributed by atoms with Gasteiger partial charge in [-0.25, -0.2) is 4.39 Å². The van der Waals surface area contributed by atoms with Crippen molar-refractivity contribution in [3.8, 4) is 11.5 Å². The number of nitrogens with zero attached hydrogens (tertiary/aromatic N) is 2. The Balaban J connectivity index is 1.24. The van der Waals surface area contributed by atoms with Crippen molar-refractivity contribution in [1.82, 2.24) is 15.2 Å². The predicted octanol–water partition coefficient (Wildman–Crippen LogP) is 4.04. The zero-order chi connectivity index (χ0) is 22.9. The molecular formula is C26H26FN3O3.